The van der Waals surface area contributed by atoms with Crippen LogP contribution in [0.4, 0.5) is 0 Å². The van der Waals surface area contributed by atoms with E-state index in [4.69, 9.17) is 0 Å². The molecule has 1 unspecified atom stereocenters. The number of piperidine rings is 1. The van der Waals surface area contributed by atoms with Gasteiger partial charge in [0, 0.05) is 18.6 Å². The van der Waals surface area contributed by atoms with Crippen molar-refractivity contribution in [1.29, 1.82) is 0 Å². The Balaban J connectivity index is 1.96. The molecule has 18 heavy (non-hydrogen) atoms. The van der Waals surface area contributed by atoms with E-state index in [0.717, 1.165) is 38.9 Å². The van der Waals surface area contributed by atoms with Gasteiger partial charge in [-0.2, -0.15) is 0 Å². The van der Waals surface area contributed by atoms with Crippen LogP contribution in [0.1, 0.15) is 39.0 Å². The predicted molar refractivity (Wildman–Crippen MR) is 74.6 cm³/mol. The molecule has 0 aliphatic carbocycles. The van der Waals surface area contributed by atoms with Crippen molar-refractivity contribution >= 4 is 9.84 Å². The van der Waals surface area contributed by atoms with Crippen molar-refractivity contribution in [1.82, 2.24) is 10.2 Å². The molecule has 2 fully saturated rings. The number of hydrogen-bond donors (Lipinski definition) is 1. The summed E-state index contributed by atoms with van der Waals surface area (Å²) in [6.07, 6.45) is 5.32. The minimum atomic E-state index is -2.74. The molecule has 4 nitrogen and oxygen atoms in total. The third kappa shape index (κ3) is 3.68. The van der Waals surface area contributed by atoms with Gasteiger partial charge in [-0.15, -0.1) is 0 Å². The molecule has 2 aliphatic heterocycles. The van der Waals surface area contributed by atoms with Crippen LogP contribution in [-0.2, 0) is 9.84 Å². The van der Waals surface area contributed by atoms with Crippen LogP contribution >= 0.6 is 0 Å². The van der Waals surface area contributed by atoms with Crippen LogP contribution in [-0.4, -0.2) is 56.5 Å². The van der Waals surface area contributed by atoms with E-state index in [0.29, 0.717) is 23.6 Å². The van der Waals surface area contributed by atoms with Crippen LogP contribution in [0.2, 0.25) is 0 Å². The highest BCUT2D eigenvalue weighted by Gasteiger charge is 2.31. The average molecular weight is 274 g/mol. The first-order valence-electron chi connectivity index (χ1n) is 7.29. The van der Waals surface area contributed by atoms with Crippen molar-refractivity contribution in [2.75, 3.05) is 31.1 Å². The first-order chi connectivity index (χ1) is 8.62. The zero-order valence-corrected chi connectivity index (χ0v) is 12.2. The quantitative estimate of drug-likeness (QED) is 0.832. The summed E-state index contributed by atoms with van der Waals surface area (Å²) in [5.41, 5.74) is 0. The largest absolute Gasteiger partial charge is 0.315 e. The summed E-state index contributed by atoms with van der Waals surface area (Å²) in [5, 5.41) is 3.47. The highest BCUT2D eigenvalue weighted by Crippen LogP contribution is 2.23. The van der Waals surface area contributed by atoms with Gasteiger partial charge in [-0.3, -0.25) is 4.90 Å². The van der Waals surface area contributed by atoms with Gasteiger partial charge in [0.1, 0.15) is 9.84 Å². The molecule has 2 heterocycles. The number of hydrogen-bond acceptors (Lipinski definition) is 4. The molecule has 0 bridgehead atoms. The summed E-state index contributed by atoms with van der Waals surface area (Å²) >= 11 is 0. The first-order valence-corrected chi connectivity index (χ1v) is 9.11. The van der Waals surface area contributed by atoms with Crippen molar-refractivity contribution in [3.8, 4) is 0 Å². The van der Waals surface area contributed by atoms with E-state index in [-0.39, 0.29) is 0 Å². The van der Waals surface area contributed by atoms with E-state index >= 15 is 0 Å². The molecule has 0 aromatic rings. The van der Waals surface area contributed by atoms with E-state index < -0.39 is 9.84 Å². The normalized spacial score (nSPS) is 29.6. The number of nitrogens with one attached hydrogen (secondary N) is 1. The molecule has 5 heteroatoms. The Kier molecular flexibility index (Phi) is 5.04. The van der Waals surface area contributed by atoms with Crippen LogP contribution in [0, 0.1) is 0 Å². The number of rotatable bonds is 4. The fraction of sp³-hybridized carbons (Fsp3) is 1.00. The molecular weight excluding hydrogens is 248 g/mol. The standard InChI is InChI=1S/C13H26N2O2S/c1-2-8-15(13-4-3-7-14-11-13)12-5-9-18(16,17)10-6-12/h12-14H,2-11H2,1H3. The average Bonchev–Trinajstić information content (AvgIpc) is 2.38. The molecule has 0 radical (unpaired) electrons. The maximum absolute atomic E-state index is 11.5. The molecule has 2 saturated heterocycles. The van der Waals surface area contributed by atoms with Gasteiger partial charge >= 0.3 is 0 Å². The predicted octanol–water partition coefficient (Wildman–Crippen LogP) is 1.03. The fourth-order valence-electron chi connectivity index (χ4n) is 3.25. The lowest BCUT2D eigenvalue weighted by Gasteiger charge is -2.41. The molecule has 0 spiro atoms. The third-order valence-electron chi connectivity index (χ3n) is 4.21. The molecular formula is C13H26N2O2S. The van der Waals surface area contributed by atoms with Crippen molar-refractivity contribution in [3.05, 3.63) is 0 Å². The van der Waals surface area contributed by atoms with E-state index in [1.54, 1.807) is 0 Å². The summed E-state index contributed by atoms with van der Waals surface area (Å²) < 4.78 is 23.0. The Morgan fingerprint density at radius 2 is 1.89 bits per heavy atom. The monoisotopic (exact) mass is 274 g/mol. The minimum absolute atomic E-state index is 0.387. The maximum Gasteiger partial charge on any atom is 0.150 e. The number of sulfone groups is 1. The summed E-state index contributed by atoms with van der Waals surface area (Å²) in [6.45, 7) is 5.53. The van der Waals surface area contributed by atoms with Gasteiger partial charge in [0.05, 0.1) is 11.5 Å². The summed E-state index contributed by atoms with van der Waals surface area (Å²) in [5.74, 6) is 0.774. The smallest absolute Gasteiger partial charge is 0.150 e. The van der Waals surface area contributed by atoms with E-state index in [2.05, 4.69) is 17.1 Å². The van der Waals surface area contributed by atoms with Crippen LogP contribution in [0.25, 0.3) is 0 Å². The molecule has 0 amide bonds. The Morgan fingerprint density at radius 3 is 2.44 bits per heavy atom. The summed E-state index contributed by atoms with van der Waals surface area (Å²) in [6, 6.07) is 1.10. The fourth-order valence-corrected chi connectivity index (χ4v) is 4.71. The second-order valence-electron chi connectivity index (χ2n) is 5.62. The molecule has 0 saturated carbocycles. The van der Waals surface area contributed by atoms with Crippen molar-refractivity contribution < 1.29 is 8.42 Å². The van der Waals surface area contributed by atoms with Gasteiger partial charge < -0.3 is 5.32 Å². The third-order valence-corrected chi connectivity index (χ3v) is 5.93. The van der Waals surface area contributed by atoms with Crippen LogP contribution < -0.4 is 5.32 Å². The van der Waals surface area contributed by atoms with Crippen LogP contribution in [0.3, 0.4) is 0 Å². The topological polar surface area (TPSA) is 49.4 Å². The Hall–Kier alpha value is -0.130. The Labute approximate surface area is 111 Å². The molecule has 1 N–H and O–H groups in total. The zero-order chi connectivity index (χ0) is 13.0. The summed E-state index contributed by atoms with van der Waals surface area (Å²) in [7, 11) is -2.74. The van der Waals surface area contributed by atoms with E-state index in [1.165, 1.54) is 12.8 Å². The molecule has 0 aromatic carbocycles. The lowest BCUT2D eigenvalue weighted by molar-refractivity contribution is 0.104. The van der Waals surface area contributed by atoms with Gasteiger partial charge in [-0.25, -0.2) is 8.42 Å². The molecule has 1 atom stereocenters. The molecule has 2 rings (SSSR count). The Morgan fingerprint density at radius 1 is 1.17 bits per heavy atom. The van der Waals surface area contributed by atoms with Crippen molar-refractivity contribution in [2.45, 2.75) is 51.1 Å². The van der Waals surface area contributed by atoms with E-state index in [9.17, 15) is 8.42 Å². The lowest BCUT2D eigenvalue weighted by Crippen LogP contribution is -2.52. The van der Waals surface area contributed by atoms with Crippen LogP contribution in [0.15, 0.2) is 0 Å². The van der Waals surface area contributed by atoms with Gasteiger partial charge in [0.15, 0.2) is 0 Å². The van der Waals surface area contributed by atoms with Gasteiger partial charge in [0.25, 0.3) is 0 Å². The second-order valence-corrected chi connectivity index (χ2v) is 7.92. The van der Waals surface area contributed by atoms with Gasteiger partial charge in [0.2, 0.25) is 0 Å². The van der Waals surface area contributed by atoms with Crippen molar-refractivity contribution in [3.63, 3.8) is 0 Å². The molecule has 106 valence electrons. The first kappa shape index (κ1) is 14.3. The number of nitrogens with zero attached hydrogens (tertiary/aromatic N) is 1. The van der Waals surface area contributed by atoms with E-state index in [1.807, 2.05) is 0 Å². The maximum atomic E-state index is 11.5. The molecule has 0 aromatic heterocycles. The second kappa shape index (κ2) is 6.35. The zero-order valence-electron chi connectivity index (χ0n) is 11.4. The molecule has 2 aliphatic rings. The SMILES string of the molecule is CCCN(C1CCS(=O)(=O)CC1)C1CCCNC1. The van der Waals surface area contributed by atoms with Crippen LogP contribution in [0.5, 0.6) is 0 Å². The van der Waals surface area contributed by atoms with Crippen molar-refractivity contribution in [2.24, 2.45) is 0 Å². The highest BCUT2D eigenvalue weighted by molar-refractivity contribution is 7.91. The minimum Gasteiger partial charge on any atom is -0.315 e. The van der Waals surface area contributed by atoms with Gasteiger partial charge in [-0.05, 0) is 45.2 Å². The van der Waals surface area contributed by atoms with Gasteiger partial charge in [-0.1, -0.05) is 6.92 Å². The lowest BCUT2D eigenvalue weighted by atomic mass is 10.0. The Bertz CT molecular complexity index is 336. The summed E-state index contributed by atoms with van der Waals surface area (Å²) in [4.78, 5) is 2.58. The highest BCUT2D eigenvalue weighted by atomic mass is 32.2.